The second-order valence-corrected chi connectivity index (χ2v) is 6.71. The van der Waals surface area contributed by atoms with Crippen molar-refractivity contribution in [3.05, 3.63) is 35.4 Å². The number of benzene rings is 1. The van der Waals surface area contributed by atoms with Crippen LogP contribution in [0.15, 0.2) is 24.3 Å². The molecular formula is C19H31NO. The number of hydrogen-bond donors (Lipinski definition) is 1. The summed E-state index contributed by atoms with van der Waals surface area (Å²) in [6, 6.07) is 8.82. The summed E-state index contributed by atoms with van der Waals surface area (Å²) < 4.78 is 6.22. The SMILES string of the molecule is CCOC1(C(N)c2ccc(C(C)C)cc2)CCCCCC1. The van der Waals surface area contributed by atoms with Crippen LogP contribution >= 0.6 is 0 Å². The van der Waals surface area contributed by atoms with Crippen molar-refractivity contribution < 1.29 is 4.74 Å². The molecule has 0 bridgehead atoms. The van der Waals surface area contributed by atoms with E-state index in [2.05, 4.69) is 45.0 Å². The van der Waals surface area contributed by atoms with Gasteiger partial charge in [0.25, 0.3) is 0 Å². The van der Waals surface area contributed by atoms with Crippen LogP contribution in [-0.2, 0) is 4.74 Å². The van der Waals surface area contributed by atoms with E-state index in [4.69, 9.17) is 10.5 Å². The van der Waals surface area contributed by atoms with Crippen molar-refractivity contribution in [1.82, 2.24) is 0 Å². The van der Waals surface area contributed by atoms with E-state index < -0.39 is 0 Å². The van der Waals surface area contributed by atoms with E-state index in [0.29, 0.717) is 5.92 Å². The summed E-state index contributed by atoms with van der Waals surface area (Å²) in [7, 11) is 0. The first-order valence-electron chi connectivity index (χ1n) is 8.58. The monoisotopic (exact) mass is 289 g/mol. The van der Waals surface area contributed by atoms with Gasteiger partial charge in [0.2, 0.25) is 0 Å². The van der Waals surface area contributed by atoms with Gasteiger partial charge in [-0.3, -0.25) is 0 Å². The second kappa shape index (κ2) is 7.42. The van der Waals surface area contributed by atoms with Gasteiger partial charge in [-0.15, -0.1) is 0 Å². The van der Waals surface area contributed by atoms with Crippen molar-refractivity contribution in [2.75, 3.05) is 6.61 Å². The lowest BCUT2D eigenvalue weighted by atomic mass is 9.82. The van der Waals surface area contributed by atoms with Crippen LogP contribution in [0.2, 0.25) is 0 Å². The highest BCUT2D eigenvalue weighted by Gasteiger charge is 2.38. The van der Waals surface area contributed by atoms with Gasteiger partial charge in [-0.25, -0.2) is 0 Å². The lowest BCUT2D eigenvalue weighted by Crippen LogP contribution is -2.43. The predicted octanol–water partition coefficient (Wildman–Crippen LogP) is 4.94. The van der Waals surface area contributed by atoms with Crippen LogP contribution in [0.5, 0.6) is 0 Å². The number of ether oxygens (including phenoxy) is 1. The summed E-state index contributed by atoms with van der Waals surface area (Å²) in [5, 5.41) is 0. The molecule has 0 spiro atoms. The van der Waals surface area contributed by atoms with Gasteiger partial charge >= 0.3 is 0 Å². The Hall–Kier alpha value is -0.860. The van der Waals surface area contributed by atoms with Crippen LogP contribution in [0.3, 0.4) is 0 Å². The van der Waals surface area contributed by atoms with Crippen molar-refractivity contribution >= 4 is 0 Å². The minimum absolute atomic E-state index is 0.0169. The molecule has 118 valence electrons. The van der Waals surface area contributed by atoms with Crippen LogP contribution in [-0.4, -0.2) is 12.2 Å². The third-order valence-electron chi connectivity index (χ3n) is 4.91. The fourth-order valence-corrected chi connectivity index (χ4v) is 3.55. The molecule has 1 aliphatic rings. The third-order valence-corrected chi connectivity index (χ3v) is 4.91. The molecule has 1 saturated carbocycles. The Balaban J connectivity index is 2.22. The largest absolute Gasteiger partial charge is 0.373 e. The molecule has 1 fully saturated rings. The third kappa shape index (κ3) is 3.87. The topological polar surface area (TPSA) is 35.2 Å². The van der Waals surface area contributed by atoms with E-state index in [1.54, 1.807) is 0 Å². The quantitative estimate of drug-likeness (QED) is 0.779. The van der Waals surface area contributed by atoms with E-state index in [-0.39, 0.29) is 11.6 Å². The van der Waals surface area contributed by atoms with Crippen LogP contribution in [0.25, 0.3) is 0 Å². The summed E-state index contributed by atoms with van der Waals surface area (Å²) in [6.45, 7) is 7.28. The van der Waals surface area contributed by atoms with Gasteiger partial charge in [-0.05, 0) is 36.8 Å². The fraction of sp³-hybridized carbons (Fsp3) is 0.684. The van der Waals surface area contributed by atoms with Gasteiger partial charge in [0.1, 0.15) is 0 Å². The number of rotatable bonds is 5. The lowest BCUT2D eigenvalue weighted by molar-refractivity contribution is -0.0695. The smallest absolute Gasteiger partial charge is 0.0874 e. The molecule has 1 atom stereocenters. The standard InChI is InChI=1S/C19H31NO/c1-4-21-19(13-7-5-6-8-14-19)18(20)17-11-9-16(10-12-17)15(2)3/h9-12,15,18H,4-8,13-14,20H2,1-3H3. The van der Waals surface area contributed by atoms with Gasteiger partial charge in [0.15, 0.2) is 0 Å². The maximum Gasteiger partial charge on any atom is 0.0874 e. The Kier molecular flexibility index (Phi) is 5.83. The molecule has 1 unspecified atom stereocenters. The minimum Gasteiger partial charge on any atom is -0.373 e. The zero-order valence-electron chi connectivity index (χ0n) is 13.9. The van der Waals surface area contributed by atoms with Crippen LogP contribution < -0.4 is 5.73 Å². The van der Waals surface area contributed by atoms with Crippen LogP contribution in [0, 0.1) is 0 Å². The van der Waals surface area contributed by atoms with Crippen molar-refractivity contribution in [3.63, 3.8) is 0 Å². The highest BCUT2D eigenvalue weighted by Crippen LogP contribution is 2.39. The Labute approximate surface area is 130 Å². The first-order valence-corrected chi connectivity index (χ1v) is 8.58. The maximum atomic E-state index is 6.66. The molecule has 2 rings (SSSR count). The van der Waals surface area contributed by atoms with Crippen LogP contribution in [0.4, 0.5) is 0 Å². The average molecular weight is 289 g/mol. The maximum absolute atomic E-state index is 6.66. The van der Waals surface area contributed by atoms with Crippen LogP contribution in [0.1, 0.15) is 82.4 Å². The van der Waals surface area contributed by atoms with Crippen molar-refractivity contribution in [2.24, 2.45) is 5.73 Å². The van der Waals surface area contributed by atoms with E-state index in [9.17, 15) is 0 Å². The molecule has 1 aliphatic carbocycles. The molecule has 0 aromatic heterocycles. The second-order valence-electron chi connectivity index (χ2n) is 6.71. The van der Waals surface area contributed by atoms with E-state index >= 15 is 0 Å². The minimum atomic E-state index is -0.162. The summed E-state index contributed by atoms with van der Waals surface area (Å²) >= 11 is 0. The summed E-state index contributed by atoms with van der Waals surface area (Å²) in [6.07, 6.45) is 7.28. The molecule has 0 aliphatic heterocycles. The van der Waals surface area contributed by atoms with Gasteiger partial charge < -0.3 is 10.5 Å². The Bertz CT molecular complexity index is 416. The molecule has 1 aromatic rings. The molecule has 2 nitrogen and oxygen atoms in total. The normalized spacial score (nSPS) is 20.2. The molecular weight excluding hydrogens is 258 g/mol. The van der Waals surface area contributed by atoms with Crippen molar-refractivity contribution in [1.29, 1.82) is 0 Å². The highest BCUT2D eigenvalue weighted by atomic mass is 16.5. The highest BCUT2D eigenvalue weighted by molar-refractivity contribution is 5.28. The van der Waals surface area contributed by atoms with Crippen molar-refractivity contribution in [3.8, 4) is 0 Å². The molecule has 2 N–H and O–H groups in total. The Morgan fingerprint density at radius 2 is 1.52 bits per heavy atom. The van der Waals surface area contributed by atoms with E-state index in [1.807, 2.05) is 0 Å². The van der Waals surface area contributed by atoms with Crippen molar-refractivity contribution in [2.45, 2.75) is 76.9 Å². The molecule has 0 amide bonds. The first-order chi connectivity index (χ1) is 10.1. The van der Waals surface area contributed by atoms with Gasteiger partial charge in [0, 0.05) is 6.61 Å². The number of hydrogen-bond acceptors (Lipinski definition) is 2. The molecule has 2 heteroatoms. The Morgan fingerprint density at radius 1 is 1.00 bits per heavy atom. The Morgan fingerprint density at radius 3 is 2.00 bits per heavy atom. The summed E-state index contributed by atoms with van der Waals surface area (Å²) in [5.74, 6) is 0.564. The average Bonchev–Trinajstić information content (AvgIpc) is 2.73. The van der Waals surface area contributed by atoms with Gasteiger partial charge in [-0.1, -0.05) is 63.8 Å². The molecule has 0 saturated heterocycles. The van der Waals surface area contributed by atoms with E-state index in [1.165, 1.54) is 36.8 Å². The number of nitrogens with two attached hydrogens (primary N) is 1. The van der Waals surface area contributed by atoms with Gasteiger partial charge in [-0.2, -0.15) is 0 Å². The first kappa shape index (κ1) is 16.5. The summed E-state index contributed by atoms with van der Waals surface area (Å²) in [5.41, 5.74) is 9.09. The predicted molar refractivity (Wildman–Crippen MR) is 89.5 cm³/mol. The molecule has 21 heavy (non-hydrogen) atoms. The van der Waals surface area contributed by atoms with E-state index in [0.717, 1.165) is 19.4 Å². The zero-order valence-corrected chi connectivity index (χ0v) is 13.9. The summed E-state index contributed by atoms with van der Waals surface area (Å²) in [4.78, 5) is 0. The zero-order chi connectivity index (χ0) is 15.3. The molecule has 0 radical (unpaired) electrons. The lowest BCUT2D eigenvalue weighted by Gasteiger charge is -2.38. The molecule has 0 heterocycles. The van der Waals surface area contributed by atoms with Gasteiger partial charge in [0.05, 0.1) is 11.6 Å². The molecule has 1 aromatic carbocycles. The fourth-order valence-electron chi connectivity index (χ4n) is 3.55.